The molecular weight excluding hydrogens is 286 g/mol. The Bertz CT molecular complexity index is 567. The van der Waals surface area contributed by atoms with Gasteiger partial charge in [0, 0.05) is 17.9 Å². The largest absolute Gasteiger partial charge is 0.481 e. The molecule has 2 N–H and O–H groups in total. The van der Waals surface area contributed by atoms with Crippen molar-refractivity contribution in [1.82, 2.24) is 5.32 Å². The molecule has 0 aliphatic carbocycles. The second kappa shape index (κ2) is 8.07. The van der Waals surface area contributed by atoms with Crippen molar-refractivity contribution in [3.63, 3.8) is 0 Å². The van der Waals surface area contributed by atoms with Crippen LogP contribution in [0.15, 0.2) is 30.3 Å². The summed E-state index contributed by atoms with van der Waals surface area (Å²) in [7, 11) is 0. The Labute approximate surface area is 128 Å². The molecule has 2 atom stereocenters. The average Bonchev–Trinajstić information content (AvgIpc) is 2.46. The summed E-state index contributed by atoms with van der Waals surface area (Å²) in [4.78, 5) is 46.0. The zero-order chi connectivity index (χ0) is 16.7. The Kier molecular flexibility index (Phi) is 6.44. The van der Waals surface area contributed by atoms with Crippen LogP contribution in [0.2, 0.25) is 0 Å². The van der Waals surface area contributed by atoms with Crippen LogP contribution < -0.4 is 5.32 Å². The molecule has 118 valence electrons. The van der Waals surface area contributed by atoms with Gasteiger partial charge in [-0.05, 0) is 6.92 Å². The first-order valence-corrected chi connectivity index (χ1v) is 6.92. The minimum absolute atomic E-state index is 0.00641. The number of rotatable bonds is 8. The van der Waals surface area contributed by atoms with Gasteiger partial charge >= 0.3 is 5.97 Å². The van der Waals surface area contributed by atoms with E-state index in [-0.39, 0.29) is 12.2 Å². The predicted octanol–water partition coefficient (Wildman–Crippen LogP) is 1.44. The smallest absolute Gasteiger partial charge is 0.305 e. The third kappa shape index (κ3) is 5.47. The van der Waals surface area contributed by atoms with Gasteiger partial charge in [0.2, 0.25) is 5.91 Å². The number of ketones is 2. The molecular formula is C16H19NO5. The first-order valence-electron chi connectivity index (χ1n) is 6.92. The zero-order valence-electron chi connectivity index (χ0n) is 12.5. The molecule has 1 rings (SSSR count). The molecule has 0 fully saturated rings. The fraction of sp³-hybridized carbons (Fsp3) is 0.375. The van der Waals surface area contributed by atoms with Crippen molar-refractivity contribution >= 4 is 23.4 Å². The van der Waals surface area contributed by atoms with Crippen LogP contribution in [0.5, 0.6) is 0 Å². The van der Waals surface area contributed by atoms with E-state index in [9.17, 15) is 19.2 Å². The number of carbonyl (C=O) groups excluding carboxylic acids is 3. The van der Waals surface area contributed by atoms with Gasteiger partial charge in [-0.2, -0.15) is 0 Å². The Morgan fingerprint density at radius 2 is 1.68 bits per heavy atom. The molecule has 1 aromatic rings. The molecule has 6 heteroatoms. The van der Waals surface area contributed by atoms with Gasteiger partial charge in [0.15, 0.2) is 11.6 Å². The van der Waals surface area contributed by atoms with E-state index in [1.54, 1.807) is 37.3 Å². The maximum absolute atomic E-state index is 12.0. The van der Waals surface area contributed by atoms with Gasteiger partial charge < -0.3 is 10.4 Å². The Morgan fingerprint density at radius 3 is 2.18 bits per heavy atom. The zero-order valence-corrected chi connectivity index (χ0v) is 12.5. The van der Waals surface area contributed by atoms with Crippen molar-refractivity contribution in [1.29, 1.82) is 0 Å². The highest BCUT2D eigenvalue weighted by atomic mass is 16.4. The number of hydrogen-bond acceptors (Lipinski definition) is 4. The molecule has 0 aliphatic rings. The second-order valence-corrected chi connectivity index (χ2v) is 5.16. The van der Waals surface area contributed by atoms with Gasteiger partial charge in [0.05, 0.1) is 12.5 Å². The Morgan fingerprint density at radius 1 is 1.09 bits per heavy atom. The molecule has 0 aromatic heterocycles. The van der Waals surface area contributed by atoms with Crippen molar-refractivity contribution in [2.24, 2.45) is 5.92 Å². The molecule has 0 heterocycles. The van der Waals surface area contributed by atoms with E-state index < -0.39 is 36.0 Å². The number of carbonyl (C=O) groups is 4. The van der Waals surface area contributed by atoms with E-state index >= 15 is 0 Å². The van der Waals surface area contributed by atoms with Gasteiger partial charge in [-0.1, -0.05) is 37.3 Å². The van der Waals surface area contributed by atoms with Gasteiger partial charge in [0.25, 0.3) is 0 Å². The normalized spacial score (nSPS) is 13.0. The number of carboxylic acid groups (broad SMARTS) is 1. The predicted molar refractivity (Wildman–Crippen MR) is 79.4 cm³/mol. The van der Waals surface area contributed by atoms with Crippen molar-refractivity contribution in [2.75, 3.05) is 0 Å². The van der Waals surface area contributed by atoms with E-state index in [1.807, 2.05) is 0 Å². The number of aliphatic carboxylic acids is 1. The third-order valence-corrected chi connectivity index (χ3v) is 3.22. The molecule has 2 unspecified atom stereocenters. The van der Waals surface area contributed by atoms with Gasteiger partial charge in [-0.3, -0.25) is 19.2 Å². The molecule has 0 bridgehead atoms. The van der Waals surface area contributed by atoms with Crippen LogP contribution >= 0.6 is 0 Å². The van der Waals surface area contributed by atoms with Crippen LogP contribution in [0, 0.1) is 5.92 Å². The first kappa shape index (κ1) is 17.6. The summed E-state index contributed by atoms with van der Waals surface area (Å²) < 4.78 is 0. The van der Waals surface area contributed by atoms with E-state index in [4.69, 9.17) is 5.11 Å². The third-order valence-electron chi connectivity index (χ3n) is 3.22. The maximum atomic E-state index is 12.0. The average molecular weight is 305 g/mol. The van der Waals surface area contributed by atoms with Gasteiger partial charge in [0.1, 0.15) is 0 Å². The highest BCUT2D eigenvalue weighted by molar-refractivity contribution is 5.99. The van der Waals surface area contributed by atoms with Crippen molar-refractivity contribution in [3.8, 4) is 0 Å². The summed E-state index contributed by atoms with van der Waals surface area (Å²) in [5.74, 6) is -2.94. The summed E-state index contributed by atoms with van der Waals surface area (Å²) >= 11 is 0. The van der Waals surface area contributed by atoms with Gasteiger partial charge in [-0.15, -0.1) is 0 Å². The molecule has 0 radical (unpaired) electrons. The SMILES string of the molecule is CC(=O)C(CC(=O)O)NC(=O)C(C)CC(=O)c1ccccc1. The topological polar surface area (TPSA) is 101 Å². The van der Waals surface area contributed by atoms with Crippen LogP contribution in [0.25, 0.3) is 0 Å². The second-order valence-electron chi connectivity index (χ2n) is 5.16. The molecule has 1 amide bonds. The summed E-state index contributed by atoms with van der Waals surface area (Å²) in [5, 5.41) is 11.1. The molecule has 0 aliphatic heterocycles. The number of Topliss-reactive ketones (excluding diaryl/α,β-unsaturated/α-hetero) is 2. The highest BCUT2D eigenvalue weighted by Gasteiger charge is 2.24. The van der Waals surface area contributed by atoms with Crippen LogP contribution in [0.4, 0.5) is 0 Å². The monoisotopic (exact) mass is 305 g/mol. The standard InChI is InChI=1S/C16H19NO5/c1-10(8-14(19)12-6-4-3-5-7-12)16(22)17-13(11(2)18)9-15(20)21/h3-7,10,13H,8-9H2,1-2H3,(H,17,22)(H,20,21). The first-order chi connectivity index (χ1) is 10.3. The minimum atomic E-state index is -1.17. The van der Waals surface area contributed by atoms with E-state index in [1.165, 1.54) is 6.92 Å². The van der Waals surface area contributed by atoms with E-state index in [0.29, 0.717) is 5.56 Å². The Balaban J connectivity index is 2.62. The van der Waals surface area contributed by atoms with Crippen LogP contribution in [0.1, 0.15) is 37.0 Å². The van der Waals surface area contributed by atoms with Crippen molar-refractivity contribution in [3.05, 3.63) is 35.9 Å². The quantitative estimate of drug-likeness (QED) is 0.708. The van der Waals surface area contributed by atoms with Crippen molar-refractivity contribution < 1.29 is 24.3 Å². The number of hydrogen-bond donors (Lipinski definition) is 2. The lowest BCUT2D eigenvalue weighted by Gasteiger charge is -2.17. The van der Waals surface area contributed by atoms with E-state index in [0.717, 1.165) is 0 Å². The maximum Gasteiger partial charge on any atom is 0.305 e. The summed E-state index contributed by atoms with van der Waals surface area (Å²) in [6.07, 6.45) is -0.478. The lowest BCUT2D eigenvalue weighted by atomic mass is 9.98. The summed E-state index contributed by atoms with van der Waals surface area (Å²) in [5.41, 5.74) is 0.510. The number of amides is 1. The fourth-order valence-electron chi connectivity index (χ4n) is 1.90. The summed E-state index contributed by atoms with van der Waals surface area (Å²) in [6.45, 7) is 2.78. The lowest BCUT2D eigenvalue weighted by molar-refractivity contribution is -0.140. The minimum Gasteiger partial charge on any atom is -0.481 e. The van der Waals surface area contributed by atoms with Gasteiger partial charge in [-0.25, -0.2) is 0 Å². The molecule has 1 aromatic carbocycles. The lowest BCUT2D eigenvalue weighted by Crippen LogP contribution is -2.43. The molecule has 0 saturated carbocycles. The van der Waals surface area contributed by atoms with Crippen LogP contribution in [-0.2, 0) is 14.4 Å². The van der Waals surface area contributed by atoms with E-state index in [2.05, 4.69) is 5.32 Å². The number of benzene rings is 1. The fourth-order valence-corrected chi connectivity index (χ4v) is 1.90. The van der Waals surface area contributed by atoms with Crippen molar-refractivity contribution in [2.45, 2.75) is 32.7 Å². The summed E-state index contributed by atoms with van der Waals surface area (Å²) in [6, 6.07) is 7.51. The molecule has 0 spiro atoms. The molecule has 6 nitrogen and oxygen atoms in total. The Hall–Kier alpha value is -2.50. The molecule has 0 saturated heterocycles. The highest BCUT2D eigenvalue weighted by Crippen LogP contribution is 2.10. The van der Waals surface area contributed by atoms with Crippen LogP contribution in [-0.4, -0.2) is 34.6 Å². The molecule has 22 heavy (non-hydrogen) atoms. The number of nitrogens with one attached hydrogen (secondary N) is 1. The van der Waals surface area contributed by atoms with Crippen LogP contribution in [0.3, 0.4) is 0 Å². The number of carboxylic acids is 1.